The molecule has 1 amide bonds. The molecule has 3 aliphatic rings. The van der Waals surface area contributed by atoms with Gasteiger partial charge >= 0.3 is 0 Å². The zero-order valence-electron chi connectivity index (χ0n) is 20.6. The average molecular weight is 473 g/mol. The molecule has 2 N–H and O–H groups in total. The highest BCUT2D eigenvalue weighted by Gasteiger charge is 2.36. The first kappa shape index (κ1) is 22.2. The van der Waals surface area contributed by atoms with E-state index in [0.29, 0.717) is 30.0 Å². The summed E-state index contributed by atoms with van der Waals surface area (Å²) in [7, 11) is 0. The van der Waals surface area contributed by atoms with Crippen LogP contribution in [0.3, 0.4) is 0 Å². The molecule has 0 saturated carbocycles. The van der Waals surface area contributed by atoms with Gasteiger partial charge in [-0.1, -0.05) is 13.0 Å². The highest BCUT2D eigenvalue weighted by molar-refractivity contribution is 6.10. The Bertz CT molecular complexity index is 1300. The number of aryl methyl sites for hydroxylation is 1. The van der Waals surface area contributed by atoms with Crippen molar-refractivity contribution in [2.45, 2.75) is 77.5 Å². The Morgan fingerprint density at radius 3 is 2.74 bits per heavy atom. The molecule has 3 aromatic rings. The largest absolute Gasteiger partial charge is 0.354 e. The second-order valence-electron chi connectivity index (χ2n) is 10.1. The Morgan fingerprint density at radius 2 is 1.97 bits per heavy atom. The molecule has 3 atom stereocenters. The molecular formula is C26H32N8O. The number of nitrogens with zero attached hydrogens (tertiary/aromatic N) is 7. The second-order valence-corrected chi connectivity index (χ2v) is 10.1. The van der Waals surface area contributed by atoms with Crippen LogP contribution in [0.2, 0.25) is 0 Å². The van der Waals surface area contributed by atoms with E-state index < -0.39 is 0 Å². The number of hydrogen-bond donors (Lipinski definition) is 1. The summed E-state index contributed by atoms with van der Waals surface area (Å²) in [4.78, 5) is 27.6. The van der Waals surface area contributed by atoms with E-state index in [-0.39, 0.29) is 11.9 Å². The van der Waals surface area contributed by atoms with Crippen molar-refractivity contribution >= 4 is 17.5 Å². The third-order valence-corrected chi connectivity index (χ3v) is 7.81. The van der Waals surface area contributed by atoms with Gasteiger partial charge in [0, 0.05) is 36.7 Å². The summed E-state index contributed by atoms with van der Waals surface area (Å²) in [5, 5.41) is 8.77. The maximum Gasteiger partial charge on any atom is 0.260 e. The van der Waals surface area contributed by atoms with Crippen molar-refractivity contribution in [3.8, 4) is 11.5 Å². The standard InChI is InChI=1S/C26H32N8O/c1-4-19(27)24-18-14-33(26(35)17(18)13-23(29-24)32-12-6-7-15(32)2)21-9-5-8-20(28-21)25-31-30-22-11-10-16(3)34(22)25/h5,8-9,13,15-16,19H,4,6-7,10-12,14,27H2,1-3H3/t15-,16-,19-/m1/s1. The van der Waals surface area contributed by atoms with Crippen LogP contribution in [0.15, 0.2) is 24.3 Å². The number of anilines is 2. The Morgan fingerprint density at radius 1 is 1.11 bits per heavy atom. The van der Waals surface area contributed by atoms with E-state index in [1.807, 2.05) is 24.3 Å². The minimum absolute atomic E-state index is 0.0513. The SMILES string of the molecule is CC[C@@H](N)c1nc(N2CCC[C@H]2C)cc2c1CN(c1cccc(-c3nnc4n3[C@H](C)CC4)n1)C2=O. The fraction of sp³-hybridized carbons (Fsp3) is 0.500. The molecule has 0 aromatic carbocycles. The van der Waals surface area contributed by atoms with E-state index in [1.165, 1.54) is 0 Å². The summed E-state index contributed by atoms with van der Waals surface area (Å²) in [6.45, 7) is 7.83. The molecule has 0 aliphatic carbocycles. The van der Waals surface area contributed by atoms with Gasteiger partial charge in [0.05, 0.1) is 17.8 Å². The molecule has 1 saturated heterocycles. The van der Waals surface area contributed by atoms with Gasteiger partial charge in [-0.05, 0) is 57.7 Å². The molecule has 9 heteroatoms. The van der Waals surface area contributed by atoms with Crippen LogP contribution < -0.4 is 15.5 Å². The van der Waals surface area contributed by atoms with Gasteiger partial charge < -0.3 is 15.2 Å². The number of fused-ring (bicyclic) bond motifs is 2. The molecule has 0 spiro atoms. The number of amides is 1. The van der Waals surface area contributed by atoms with Crippen LogP contribution in [0.1, 0.15) is 86.0 Å². The lowest BCUT2D eigenvalue weighted by Gasteiger charge is -2.25. The molecule has 0 bridgehead atoms. The highest BCUT2D eigenvalue weighted by atomic mass is 16.2. The number of carbonyl (C=O) groups excluding carboxylic acids is 1. The lowest BCUT2D eigenvalue weighted by atomic mass is 10.0. The quantitative estimate of drug-likeness (QED) is 0.602. The number of rotatable bonds is 5. The summed E-state index contributed by atoms with van der Waals surface area (Å²) < 4.78 is 2.17. The summed E-state index contributed by atoms with van der Waals surface area (Å²) in [6.07, 6.45) is 5.02. The Balaban J connectivity index is 1.38. The fourth-order valence-electron chi connectivity index (χ4n) is 5.71. The van der Waals surface area contributed by atoms with Gasteiger partial charge in [-0.3, -0.25) is 9.69 Å². The van der Waals surface area contributed by atoms with Crippen molar-refractivity contribution in [2.24, 2.45) is 5.73 Å². The smallest absolute Gasteiger partial charge is 0.260 e. The molecule has 0 radical (unpaired) electrons. The van der Waals surface area contributed by atoms with E-state index >= 15 is 0 Å². The minimum Gasteiger partial charge on any atom is -0.354 e. The zero-order chi connectivity index (χ0) is 24.3. The monoisotopic (exact) mass is 472 g/mol. The molecular weight excluding hydrogens is 440 g/mol. The van der Waals surface area contributed by atoms with Crippen molar-refractivity contribution < 1.29 is 4.79 Å². The van der Waals surface area contributed by atoms with E-state index in [9.17, 15) is 4.79 Å². The molecule has 1 fully saturated rings. The molecule has 182 valence electrons. The summed E-state index contributed by atoms with van der Waals surface area (Å²) >= 11 is 0. The average Bonchev–Trinajstić information content (AvgIpc) is 3.64. The van der Waals surface area contributed by atoms with Gasteiger partial charge in [0.2, 0.25) is 0 Å². The van der Waals surface area contributed by atoms with Crippen molar-refractivity contribution in [1.82, 2.24) is 24.7 Å². The van der Waals surface area contributed by atoms with Crippen molar-refractivity contribution in [1.29, 1.82) is 0 Å². The predicted octanol–water partition coefficient (Wildman–Crippen LogP) is 3.80. The van der Waals surface area contributed by atoms with Crippen LogP contribution >= 0.6 is 0 Å². The minimum atomic E-state index is -0.214. The van der Waals surface area contributed by atoms with Gasteiger partial charge in [-0.25, -0.2) is 9.97 Å². The molecule has 6 rings (SSSR count). The van der Waals surface area contributed by atoms with Crippen LogP contribution in [0.4, 0.5) is 11.6 Å². The van der Waals surface area contributed by atoms with Gasteiger partial charge in [0.25, 0.3) is 5.91 Å². The first-order chi connectivity index (χ1) is 17.0. The van der Waals surface area contributed by atoms with E-state index in [2.05, 4.69) is 40.4 Å². The number of carbonyl (C=O) groups is 1. The first-order valence-electron chi connectivity index (χ1n) is 12.7. The Kier molecular flexibility index (Phi) is 5.32. The topological polar surface area (TPSA) is 106 Å². The Labute approximate surface area is 205 Å². The molecule has 35 heavy (non-hydrogen) atoms. The maximum atomic E-state index is 13.7. The van der Waals surface area contributed by atoms with Crippen LogP contribution in [0, 0.1) is 0 Å². The van der Waals surface area contributed by atoms with E-state index in [1.54, 1.807) is 4.90 Å². The van der Waals surface area contributed by atoms with Crippen LogP contribution in [-0.4, -0.2) is 43.2 Å². The van der Waals surface area contributed by atoms with E-state index in [0.717, 1.165) is 73.1 Å². The molecule has 3 aliphatic heterocycles. The van der Waals surface area contributed by atoms with Gasteiger partial charge in [-0.15, -0.1) is 10.2 Å². The molecule has 3 aromatic heterocycles. The third-order valence-electron chi connectivity index (χ3n) is 7.81. The van der Waals surface area contributed by atoms with Gasteiger partial charge in [-0.2, -0.15) is 0 Å². The predicted molar refractivity (Wildman–Crippen MR) is 134 cm³/mol. The number of nitrogens with two attached hydrogens (primary N) is 1. The normalized spacial score (nSPS) is 22.1. The number of aromatic nitrogens is 5. The van der Waals surface area contributed by atoms with E-state index in [4.69, 9.17) is 15.7 Å². The van der Waals surface area contributed by atoms with Crippen LogP contribution in [-0.2, 0) is 13.0 Å². The summed E-state index contributed by atoms with van der Waals surface area (Å²) in [6, 6.07) is 8.25. The molecule has 6 heterocycles. The summed E-state index contributed by atoms with van der Waals surface area (Å²) in [5.74, 6) is 3.18. The third kappa shape index (κ3) is 3.52. The highest BCUT2D eigenvalue weighted by Crippen LogP contribution is 2.36. The van der Waals surface area contributed by atoms with Crippen molar-refractivity contribution in [3.63, 3.8) is 0 Å². The number of pyridine rings is 2. The van der Waals surface area contributed by atoms with Crippen LogP contribution in [0.25, 0.3) is 11.5 Å². The first-order valence-corrected chi connectivity index (χ1v) is 12.7. The maximum absolute atomic E-state index is 13.7. The molecule has 9 nitrogen and oxygen atoms in total. The lowest BCUT2D eigenvalue weighted by molar-refractivity contribution is 0.0996. The lowest BCUT2D eigenvalue weighted by Crippen LogP contribution is -2.28. The molecule has 0 unspecified atom stereocenters. The summed E-state index contributed by atoms with van der Waals surface area (Å²) in [5.41, 5.74) is 9.68. The second kappa shape index (κ2) is 8.41. The van der Waals surface area contributed by atoms with Crippen molar-refractivity contribution in [2.75, 3.05) is 16.3 Å². The Hall–Kier alpha value is -3.33. The van der Waals surface area contributed by atoms with Gasteiger partial charge in [0.15, 0.2) is 5.82 Å². The fourth-order valence-corrected chi connectivity index (χ4v) is 5.71. The van der Waals surface area contributed by atoms with Crippen LogP contribution in [0.5, 0.6) is 0 Å². The number of hydrogen-bond acceptors (Lipinski definition) is 7. The van der Waals surface area contributed by atoms with Gasteiger partial charge in [0.1, 0.15) is 23.2 Å². The van der Waals surface area contributed by atoms with Crippen molar-refractivity contribution in [3.05, 3.63) is 46.9 Å². The zero-order valence-corrected chi connectivity index (χ0v) is 20.6.